The normalized spacial score (nSPS) is 23.7. The zero-order chi connectivity index (χ0) is 5.98. The Hall–Kier alpha value is 0.230. The quantitative estimate of drug-likeness (QED) is 0.379. The Bertz CT molecular complexity index is 166. The van der Waals surface area contributed by atoms with Crippen LogP contribution in [-0.4, -0.2) is 4.99 Å². The standard InChI is InChI=1S/C5H5NOS.Au/c7-6-4-2-1-3-5(6)8;/h1-4,6H;. The summed E-state index contributed by atoms with van der Waals surface area (Å²) in [6, 6.07) is 0. The molecule has 2 nitrogen and oxygen atoms in total. The minimum absolute atomic E-state index is 0. The summed E-state index contributed by atoms with van der Waals surface area (Å²) < 4.78 is 0. The van der Waals surface area contributed by atoms with Crippen LogP contribution < -0.4 is 5.06 Å². The van der Waals surface area contributed by atoms with Gasteiger partial charge in [-0.05, 0) is 18.3 Å². The number of hydroxylamine groups is 2. The molecule has 0 fully saturated rings. The molecule has 0 amide bonds. The van der Waals surface area contributed by atoms with Gasteiger partial charge in [0.25, 0.3) is 0 Å². The van der Waals surface area contributed by atoms with Gasteiger partial charge in [-0.15, -0.1) is 0 Å². The van der Waals surface area contributed by atoms with Gasteiger partial charge in [0.1, 0.15) is 0 Å². The molecule has 4 heteroatoms. The van der Waals surface area contributed by atoms with E-state index in [1.165, 1.54) is 6.20 Å². The summed E-state index contributed by atoms with van der Waals surface area (Å²) in [5.74, 6) is 0. The minimum Gasteiger partial charge on any atom is -0.623 e. The van der Waals surface area contributed by atoms with Gasteiger partial charge in [0, 0.05) is 28.5 Å². The predicted molar refractivity (Wildman–Crippen MR) is 35.2 cm³/mol. The first-order chi connectivity index (χ1) is 3.80. The number of hydrogen-bond donors (Lipinski definition) is 1. The molecule has 0 aromatic rings. The predicted octanol–water partition coefficient (Wildman–Crippen LogP) is -0.222. The molecule has 0 spiro atoms. The fourth-order valence-electron chi connectivity index (χ4n) is 0.450. The van der Waals surface area contributed by atoms with E-state index in [-0.39, 0.29) is 27.4 Å². The first-order valence-electron chi connectivity index (χ1n) is 2.24. The van der Waals surface area contributed by atoms with E-state index in [1.54, 1.807) is 18.2 Å². The van der Waals surface area contributed by atoms with E-state index in [1.807, 2.05) is 0 Å². The monoisotopic (exact) mass is 324 g/mol. The van der Waals surface area contributed by atoms with E-state index in [0.29, 0.717) is 4.99 Å². The van der Waals surface area contributed by atoms with Crippen LogP contribution in [0.2, 0.25) is 0 Å². The summed E-state index contributed by atoms with van der Waals surface area (Å²) in [5, 5.41) is 10.4. The number of quaternary nitrogens is 1. The summed E-state index contributed by atoms with van der Waals surface area (Å²) in [6.07, 6.45) is 6.52. The van der Waals surface area contributed by atoms with Crippen molar-refractivity contribution >= 4 is 17.2 Å². The Labute approximate surface area is 74.3 Å². The van der Waals surface area contributed by atoms with Crippen LogP contribution in [-0.2, 0) is 22.4 Å². The first kappa shape index (κ1) is 9.23. The van der Waals surface area contributed by atoms with E-state index in [2.05, 4.69) is 12.2 Å². The number of rotatable bonds is 0. The van der Waals surface area contributed by atoms with Crippen LogP contribution in [0.5, 0.6) is 0 Å². The van der Waals surface area contributed by atoms with Crippen molar-refractivity contribution in [3.8, 4) is 0 Å². The van der Waals surface area contributed by atoms with Gasteiger partial charge < -0.3 is 10.3 Å². The molecule has 0 aromatic carbocycles. The third kappa shape index (κ3) is 2.53. The SMILES string of the molecule is [Au].[O-][NH+]1C=CC=CC1=S. The van der Waals surface area contributed by atoms with Gasteiger partial charge in [0.2, 0.25) is 4.99 Å². The van der Waals surface area contributed by atoms with Crippen molar-refractivity contribution in [3.63, 3.8) is 0 Å². The average molecular weight is 324 g/mol. The van der Waals surface area contributed by atoms with Crippen molar-refractivity contribution < 1.29 is 27.4 Å². The Morgan fingerprint density at radius 1 is 1.44 bits per heavy atom. The number of hydrogen-bond acceptors (Lipinski definition) is 2. The summed E-state index contributed by atoms with van der Waals surface area (Å²) in [4.78, 5) is 0.396. The molecular weight excluding hydrogens is 319 g/mol. The molecule has 1 radical (unpaired) electrons. The van der Waals surface area contributed by atoms with Crippen LogP contribution in [0.4, 0.5) is 0 Å². The average Bonchev–Trinajstić information content (AvgIpc) is 1.77. The van der Waals surface area contributed by atoms with Gasteiger partial charge in [-0.1, -0.05) is 6.08 Å². The fourth-order valence-corrected chi connectivity index (χ4v) is 0.597. The smallest absolute Gasteiger partial charge is 0.201 e. The van der Waals surface area contributed by atoms with Crippen molar-refractivity contribution in [2.24, 2.45) is 0 Å². The van der Waals surface area contributed by atoms with Crippen LogP contribution in [0.25, 0.3) is 0 Å². The minimum atomic E-state index is -0.0671. The first-order valence-corrected chi connectivity index (χ1v) is 2.64. The molecule has 0 bridgehead atoms. The second-order valence-corrected chi connectivity index (χ2v) is 1.89. The van der Waals surface area contributed by atoms with Gasteiger partial charge in [-0.25, -0.2) is 0 Å². The number of allylic oxidation sites excluding steroid dienone is 2. The Kier molecular flexibility index (Phi) is 4.22. The molecule has 0 aromatic heterocycles. The Balaban J connectivity index is 0.000000640. The molecule has 1 rings (SSSR count). The van der Waals surface area contributed by atoms with Crippen LogP contribution in [0.3, 0.4) is 0 Å². The van der Waals surface area contributed by atoms with Crippen LogP contribution >= 0.6 is 12.2 Å². The molecule has 9 heavy (non-hydrogen) atoms. The maximum absolute atomic E-state index is 10.5. The summed E-state index contributed by atoms with van der Waals surface area (Å²) in [5.41, 5.74) is 0. The summed E-state index contributed by atoms with van der Waals surface area (Å²) >= 11 is 4.64. The molecule has 0 aliphatic carbocycles. The van der Waals surface area contributed by atoms with Crippen LogP contribution in [0, 0.1) is 5.21 Å². The van der Waals surface area contributed by atoms with E-state index >= 15 is 0 Å². The molecule has 0 saturated heterocycles. The van der Waals surface area contributed by atoms with Gasteiger partial charge >= 0.3 is 0 Å². The molecule has 53 valence electrons. The van der Waals surface area contributed by atoms with Crippen molar-refractivity contribution in [1.29, 1.82) is 0 Å². The van der Waals surface area contributed by atoms with E-state index in [9.17, 15) is 5.21 Å². The van der Waals surface area contributed by atoms with Crippen molar-refractivity contribution in [1.82, 2.24) is 0 Å². The van der Waals surface area contributed by atoms with E-state index < -0.39 is 0 Å². The largest absolute Gasteiger partial charge is 0.623 e. The second kappa shape index (κ2) is 4.11. The zero-order valence-electron chi connectivity index (χ0n) is 4.43. The van der Waals surface area contributed by atoms with Crippen molar-refractivity contribution in [2.45, 2.75) is 0 Å². The van der Waals surface area contributed by atoms with Gasteiger partial charge in [-0.2, -0.15) is 0 Å². The van der Waals surface area contributed by atoms with Gasteiger partial charge in [-0.3, -0.25) is 0 Å². The van der Waals surface area contributed by atoms with Crippen molar-refractivity contribution in [2.75, 3.05) is 0 Å². The zero-order valence-corrected chi connectivity index (χ0v) is 7.41. The molecule has 1 N–H and O–H groups in total. The van der Waals surface area contributed by atoms with Gasteiger partial charge in [0.05, 0.1) is 6.20 Å². The van der Waals surface area contributed by atoms with Crippen LogP contribution in [0.1, 0.15) is 0 Å². The molecule has 1 aliphatic heterocycles. The molecule has 1 aliphatic rings. The second-order valence-electron chi connectivity index (χ2n) is 1.45. The number of nitrogens with one attached hydrogen (secondary N) is 1. The Morgan fingerprint density at radius 2 is 2.11 bits per heavy atom. The molecule has 0 saturated carbocycles. The van der Waals surface area contributed by atoms with Gasteiger partial charge in [0.15, 0.2) is 0 Å². The van der Waals surface area contributed by atoms with E-state index in [4.69, 9.17) is 0 Å². The summed E-state index contributed by atoms with van der Waals surface area (Å²) in [6.45, 7) is 0. The maximum atomic E-state index is 10.5. The topological polar surface area (TPSA) is 27.5 Å². The third-order valence-electron chi connectivity index (χ3n) is 0.849. The Morgan fingerprint density at radius 3 is 2.44 bits per heavy atom. The third-order valence-corrected chi connectivity index (χ3v) is 1.19. The van der Waals surface area contributed by atoms with Crippen LogP contribution in [0.15, 0.2) is 24.4 Å². The molecule has 1 heterocycles. The van der Waals surface area contributed by atoms with Crippen molar-refractivity contribution in [3.05, 3.63) is 29.6 Å². The number of thiocarbonyl (C=S) groups is 1. The maximum Gasteiger partial charge on any atom is 0.201 e. The molecule has 1 atom stereocenters. The summed E-state index contributed by atoms with van der Waals surface area (Å²) in [7, 11) is 0. The molecule has 1 unspecified atom stereocenters. The van der Waals surface area contributed by atoms with E-state index in [0.717, 1.165) is 0 Å². The fraction of sp³-hybridized carbons (Fsp3) is 0. The molecular formula is C5H5AuNOS.